The summed E-state index contributed by atoms with van der Waals surface area (Å²) < 4.78 is 1.98. The fourth-order valence-corrected chi connectivity index (χ4v) is 2.57. The van der Waals surface area contributed by atoms with E-state index in [0.717, 1.165) is 17.1 Å². The van der Waals surface area contributed by atoms with Crippen LogP contribution in [0.4, 0.5) is 5.82 Å². The lowest BCUT2D eigenvalue weighted by atomic mass is 10.0. The van der Waals surface area contributed by atoms with E-state index in [1.54, 1.807) is 0 Å². The van der Waals surface area contributed by atoms with Gasteiger partial charge in [-0.05, 0) is 17.7 Å². The first-order valence-electron chi connectivity index (χ1n) is 6.64. The van der Waals surface area contributed by atoms with Gasteiger partial charge in [-0.2, -0.15) is 0 Å². The van der Waals surface area contributed by atoms with Crippen LogP contribution in [0.25, 0.3) is 22.0 Å². The van der Waals surface area contributed by atoms with Gasteiger partial charge in [0.15, 0.2) is 0 Å². The Kier molecular flexibility index (Phi) is 3.03. The van der Waals surface area contributed by atoms with Gasteiger partial charge < -0.3 is 10.3 Å². The van der Waals surface area contributed by atoms with Gasteiger partial charge >= 0.3 is 0 Å². The van der Waals surface area contributed by atoms with Crippen molar-refractivity contribution in [2.45, 2.75) is 13.5 Å². The maximum atomic E-state index is 6.27. The number of rotatable bonds is 3. The van der Waals surface area contributed by atoms with Crippen molar-refractivity contribution in [3.63, 3.8) is 0 Å². The number of nitrogens with zero attached hydrogens (tertiary/aromatic N) is 2. The number of hydrogen-bond acceptors (Lipinski definition) is 2. The minimum absolute atomic E-state index is 0.676. The Labute approximate surface area is 118 Å². The Balaban J connectivity index is 2.26. The SMILES string of the molecule is C=CCn1c(C)nc(-c2cccc3ccccc23)c1N. The lowest BCUT2D eigenvalue weighted by molar-refractivity contribution is 0.792. The van der Waals surface area contributed by atoms with Gasteiger partial charge in [-0.15, -0.1) is 6.58 Å². The predicted octanol–water partition coefficient (Wildman–Crippen LogP) is 3.78. The molecular formula is C17H17N3. The fourth-order valence-electron chi connectivity index (χ4n) is 2.57. The lowest BCUT2D eigenvalue weighted by Gasteiger charge is -2.06. The number of anilines is 1. The van der Waals surface area contributed by atoms with Gasteiger partial charge in [0.2, 0.25) is 0 Å². The molecule has 1 heterocycles. The Morgan fingerprint density at radius 3 is 2.75 bits per heavy atom. The second kappa shape index (κ2) is 4.85. The topological polar surface area (TPSA) is 43.8 Å². The fraction of sp³-hybridized carbons (Fsp3) is 0.118. The minimum atomic E-state index is 0.676. The molecule has 20 heavy (non-hydrogen) atoms. The molecule has 2 aromatic carbocycles. The number of imidazole rings is 1. The first kappa shape index (κ1) is 12.5. The Morgan fingerprint density at radius 1 is 1.20 bits per heavy atom. The minimum Gasteiger partial charge on any atom is -0.383 e. The summed E-state index contributed by atoms with van der Waals surface area (Å²) in [7, 11) is 0. The van der Waals surface area contributed by atoms with Crippen LogP contribution in [0.15, 0.2) is 55.1 Å². The summed E-state index contributed by atoms with van der Waals surface area (Å²) in [6.07, 6.45) is 1.83. The van der Waals surface area contributed by atoms with E-state index < -0.39 is 0 Å². The third-order valence-corrected chi connectivity index (χ3v) is 3.55. The van der Waals surface area contributed by atoms with Crippen LogP contribution in [-0.4, -0.2) is 9.55 Å². The van der Waals surface area contributed by atoms with E-state index in [9.17, 15) is 0 Å². The van der Waals surface area contributed by atoms with Gasteiger partial charge in [0.05, 0.1) is 0 Å². The molecule has 3 rings (SSSR count). The molecule has 0 aliphatic rings. The number of nitrogens with two attached hydrogens (primary N) is 1. The van der Waals surface area contributed by atoms with Crippen LogP contribution in [0, 0.1) is 6.92 Å². The van der Waals surface area contributed by atoms with E-state index in [0.29, 0.717) is 12.4 Å². The summed E-state index contributed by atoms with van der Waals surface area (Å²) in [6.45, 7) is 6.41. The standard InChI is InChI=1S/C17H17N3/c1-3-11-20-12(2)19-16(17(20)18)15-10-6-8-13-7-4-5-9-14(13)15/h3-10H,1,11,18H2,2H3. The normalized spacial score (nSPS) is 10.8. The quantitative estimate of drug-likeness (QED) is 0.731. The van der Waals surface area contributed by atoms with Crippen molar-refractivity contribution in [1.82, 2.24) is 9.55 Å². The van der Waals surface area contributed by atoms with Crippen LogP contribution < -0.4 is 5.73 Å². The number of aryl methyl sites for hydroxylation is 1. The molecule has 3 nitrogen and oxygen atoms in total. The van der Waals surface area contributed by atoms with Crippen molar-refractivity contribution in [3.05, 3.63) is 60.9 Å². The highest BCUT2D eigenvalue weighted by molar-refractivity contribution is 5.97. The third kappa shape index (κ3) is 1.88. The average molecular weight is 263 g/mol. The van der Waals surface area contributed by atoms with Crippen LogP contribution in [-0.2, 0) is 6.54 Å². The summed E-state index contributed by atoms with van der Waals surface area (Å²) in [6, 6.07) is 14.5. The number of nitrogen functional groups attached to an aromatic ring is 1. The molecule has 100 valence electrons. The average Bonchev–Trinajstić information content (AvgIpc) is 2.75. The Hall–Kier alpha value is -2.55. The molecule has 2 N–H and O–H groups in total. The maximum absolute atomic E-state index is 6.27. The molecule has 0 atom stereocenters. The molecule has 0 saturated heterocycles. The summed E-state index contributed by atoms with van der Waals surface area (Å²) >= 11 is 0. The molecule has 0 unspecified atom stereocenters. The second-order valence-electron chi connectivity index (χ2n) is 4.82. The lowest BCUT2D eigenvalue weighted by Crippen LogP contribution is -2.03. The van der Waals surface area contributed by atoms with Crippen LogP contribution in [0.1, 0.15) is 5.82 Å². The first-order chi connectivity index (χ1) is 9.72. The van der Waals surface area contributed by atoms with E-state index in [4.69, 9.17) is 5.73 Å². The Bertz CT molecular complexity index is 779. The highest BCUT2D eigenvalue weighted by atomic mass is 15.1. The van der Waals surface area contributed by atoms with E-state index >= 15 is 0 Å². The maximum Gasteiger partial charge on any atom is 0.132 e. The van der Waals surface area contributed by atoms with E-state index in [-0.39, 0.29) is 0 Å². The third-order valence-electron chi connectivity index (χ3n) is 3.55. The number of hydrogen-bond donors (Lipinski definition) is 1. The molecule has 3 heteroatoms. The van der Waals surface area contributed by atoms with Crippen LogP contribution in [0.2, 0.25) is 0 Å². The zero-order valence-electron chi connectivity index (χ0n) is 11.5. The van der Waals surface area contributed by atoms with E-state index in [1.807, 2.05) is 35.8 Å². The molecule has 0 fully saturated rings. The number of benzene rings is 2. The molecule has 3 aromatic rings. The highest BCUT2D eigenvalue weighted by Gasteiger charge is 2.14. The number of fused-ring (bicyclic) bond motifs is 1. The van der Waals surface area contributed by atoms with Gasteiger partial charge in [0.25, 0.3) is 0 Å². The molecule has 0 radical (unpaired) electrons. The highest BCUT2D eigenvalue weighted by Crippen LogP contribution is 2.32. The zero-order valence-corrected chi connectivity index (χ0v) is 11.5. The van der Waals surface area contributed by atoms with Crippen LogP contribution >= 0.6 is 0 Å². The van der Waals surface area contributed by atoms with Crippen LogP contribution in [0.5, 0.6) is 0 Å². The van der Waals surface area contributed by atoms with Crippen molar-refractivity contribution in [2.24, 2.45) is 0 Å². The van der Waals surface area contributed by atoms with Crippen molar-refractivity contribution < 1.29 is 0 Å². The smallest absolute Gasteiger partial charge is 0.132 e. The molecule has 0 aliphatic carbocycles. The molecule has 0 amide bonds. The molecule has 0 spiro atoms. The van der Waals surface area contributed by atoms with E-state index in [2.05, 4.69) is 35.8 Å². The molecule has 1 aromatic heterocycles. The van der Waals surface area contributed by atoms with Gasteiger partial charge in [-0.3, -0.25) is 0 Å². The van der Waals surface area contributed by atoms with Crippen molar-refractivity contribution >= 4 is 16.6 Å². The predicted molar refractivity (Wildman–Crippen MR) is 84.5 cm³/mol. The van der Waals surface area contributed by atoms with Gasteiger partial charge in [-0.25, -0.2) is 4.98 Å². The molecule has 0 aliphatic heterocycles. The van der Waals surface area contributed by atoms with Crippen molar-refractivity contribution in [2.75, 3.05) is 5.73 Å². The monoisotopic (exact) mass is 263 g/mol. The van der Waals surface area contributed by atoms with Crippen LogP contribution in [0.3, 0.4) is 0 Å². The van der Waals surface area contributed by atoms with E-state index in [1.165, 1.54) is 10.8 Å². The molecular weight excluding hydrogens is 246 g/mol. The molecule has 0 bridgehead atoms. The van der Waals surface area contributed by atoms with Crippen molar-refractivity contribution in [3.8, 4) is 11.3 Å². The summed E-state index contributed by atoms with van der Waals surface area (Å²) in [5.74, 6) is 1.60. The van der Waals surface area contributed by atoms with Gasteiger partial charge in [0, 0.05) is 12.1 Å². The van der Waals surface area contributed by atoms with Gasteiger partial charge in [-0.1, -0.05) is 48.5 Å². The summed E-state index contributed by atoms with van der Waals surface area (Å²) in [5.41, 5.74) is 8.19. The van der Waals surface area contributed by atoms with Gasteiger partial charge in [0.1, 0.15) is 17.3 Å². The molecule has 0 saturated carbocycles. The second-order valence-corrected chi connectivity index (χ2v) is 4.82. The number of aromatic nitrogens is 2. The first-order valence-corrected chi connectivity index (χ1v) is 6.64. The summed E-state index contributed by atoms with van der Waals surface area (Å²) in [4.78, 5) is 4.64. The summed E-state index contributed by atoms with van der Waals surface area (Å²) in [5, 5.41) is 2.37. The van der Waals surface area contributed by atoms with Crippen molar-refractivity contribution in [1.29, 1.82) is 0 Å². The largest absolute Gasteiger partial charge is 0.383 e. The Morgan fingerprint density at radius 2 is 1.95 bits per heavy atom. The number of allylic oxidation sites excluding steroid dienone is 1. The zero-order chi connectivity index (χ0) is 14.1.